The Morgan fingerprint density at radius 1 is 1.12 bits per heavy atom. The average Bonchev–Trinajstić information content (AvgIpc) is 2.60. The average molecular weight is 342 g/mol. The monoisotopic (exact) mass is 342 g/mol. The van der Waals surface area contributed by atoms with E-state index in [1.165, 1.54) is 0 Å². The highest BCUT2D eigenvalue weighted by Gasteiger charge is 2.11. The molecule has 2 aromatic rings. The number of nitrogens with one attached hydrogen (secondary N) is 2. The van der Waals surface area contributed by atoms with Crippen molar-refractivity contribution in [2.45, 2.75) is 52.7 Å². The molecule has 5 heteroatoms. The molecule has 5 nitrogen and oxygen atoms in total. The zero-order valence-corrected chi connectivity index (χ0v) is 15.3. The molecular weight excluding hydrogens is 316 g/mol. The highest BCUT2D eigenvalue weighted by atomic mass is 16.5. The van der Waals surface area contributed by atoms with Crippen molar-refractivity contribution < 1.29 is 9.53 Å². The molecule has 1 atom stereocenters. The van der Waals surface area contributed by atoms with Crippen LogP contribution in [-0.4, -0.2) is 17.0 Å². The lowest BCUT2D eigenvalue weighted by molar-refractivity contribution is 0.0949. The molecular formula is C20H26N2O3. The van der Waals surface area contributed by atoms with Crippen molar-refractivity contribution in [1.29, 1.82) is 0 Å². The van der Waals surface area contributed by atoms with Gasteiger partial charge in [0.1, 0.15) is 11.3 Å². The zero-order chi connectivity index (χ0) is 18.4. The van der Waals surface area contributed by atoms with Gasteiger partial charge in [0.15, 0.2) is 0 Å². The second-order valence-corrected chi connectivity index (χ2v) is 6.47. The molecule has 134 valence electrons. The van der Waals surface area contributed by atoms with Crippen LogP contribution in [0.25, 0.3) is 0 Å². The number of ether oxygens (including phenoxy) is 1. The number of carbonyl (C=O) groups excluding carboxylic acids is 1. The number of benzene rings is 1. The van der Waals surface area contributed by atoms with Crippen molar-refractivity contribution in [3.63, 3.8) is 0 Å². The van der Waals surface area contributed by atoms with Crippen molar-refractivity contribution in [2.24, 2.45) is 0 Å². The summed E-state index contributed by atoms with van der Waals surface area (Å²) >= 11 is 0. The summed E-state index contributed by atoms with van der Waals surface area (Å²) in [5.74, 6) is 0.641. The molecule has 2 N–H and O–H groups in total. The van der Waals surface area contributed by atoms with Gasteiger partial charge >= 0.3 is 0 Å². The van der Waals surface area contributed by atoms with Gasteiger partial charge in [-0.15, -0.1) is 0 Å². The van der Waals surface area contributed by atoms with Crippen LogP contribution in [-0.2, 0) is 6.54 Å². The van der Waals surface area contributed by atoms with E-state index in [1.807, 2.05) is 45.0 Å². The van der Waals surface area contributed by atoms with Crippen LogP contribution in [0.1, 0.15) is 61.6 Å². The van der Waals surface area contributed by atoms with Gasteiger partial charge in [-0.2, -0.15) is 0 Å². The van der Waals surface area contributed by atoms with Gasteiger partial charge in [0.2, 0.25) is 0 Å². The Balaban J connectivity index is 1.97. The smallest absolute Gasteiger partial charge is 0.261 e. The third-order valence-electron chi connectivity index (χ3n) is 4.09. The van der Waals surface area contributed by atoms with E-state index in [4.69, 9.17) is 4.74 Å². The van der Waals surface area contributed by atoms with Crippen LogP contribution < -0.4 is 15.6 Å². The van der Waals surface area contributed by atoms with Crippen LogP contribution >= 0.6 is 0 Å². The SMILES string of the molecule is CC[C@H](C)Oc1ccc(CNC(=O)c2ccc(C(C)C)[nH]c2=O)cc1. The number of rotatable bonds is 7. The van der Waals surface area contributed by atoms with Crippen molar-refractivity contribution in [3.05, 3.63) is 63.6 Å². The molecule has 2 rings (SSSR count). The van der Waals surface area contributed by atoms with Crippen LogP contribution in [0.3, 0.4) is 0 Å². The maximum absolute atomic E-state index is 12.2. The number of pyridine rings is 1. The van der Waals surface area contributed by atoms with Gasteiger partial charge in [-0.1, -0.05) is 32.9 Å². The van der Waals surface area contributed by atoms with E-state index in [2.05, 4.69) is 17.2 Å². The van der Waals surface area contributed by atoms with Crippen molar-refractivity contribution in [1.82, 2.24) is 10.3 Å². The normalized spacial score (nSPS) is 12.0. The fourth-order valence-corrected chi connectivity index (χ4v) is 2.28. The molecule has 25 heavy (non-hydrogen) atoms. The van der Waals surface area contributed by atoms with Gasteiger partial charge in [-0.25, -0.2) is 0 Å². The van der Waals surface area contributed by atoms with Gasteiger partial charge in [0.25, 0.3) is 11.5 Å². The number of H-pyrrole nitrogens is 1. The van der Waals surface area contributed by atoms with Crippen molar-refractivity contribution in [2.75, 3.05) is 0 Å². The first-order chi connectivity index (χ1) is 11.9. The minimum absolute atomic E-state index is 0.126. The predicted molar refractivity (Wildman–Crippen MR) is 99.1 cm³/mol. The Morgan fingerprint density at radius 2 is 1.80 bits per heavy atom. The summed E-state index contributed by atoms with van der Waals surface area (Å²) in [5.41, 5.74) is 1.53. The van der Waals surface area contributed by atoms with Gasteiger partial charge < -0.3 is 15.0 Å². The highest BCUT2D eigenvalue weighted by molar-refractivity contribution is 5.93. The van der Waals surface area contributed by atoms with Gasteiger partial charge in [0, 0.05) is 12.2 Å². The van der Waals surface area contributed by atoms with E-state index >= 15 is 0 Å². The number of aromatic nitrogens is 1. The first-order valence-corrected chi connectivity index (χ1v) is 8.67. The minimum atomic E-state index is -0.378. The summed E-state index contributed by atoms with van der Waals surface area (Å²) in [6.07, 6.45) is 1.12. The van der Waals surface area contributed by atoms with Crippen LogP contribution in [0, 0.1) is 0 Å². The number of amides is 1. The topological polar surface area (TPSA) is 71.2 Å². The van der Waals surface area contributed by atoms with Gasteiger partial charge in [-0.05, 0) is 49.1 Å². The third-order valence-corrected chi connectivity index (χ3v) is 4.09. The standard InChI is InChI=1S/C20H26N2O3/c1-5-14(4)25-16-8-6-15(7-9-16)12-21-19(23)17-10-11-18(13(2)3)22-20(17)24/h6-11,13-14H,5,12H2,1-4H3,(H,21,23)(H,22,24)/t14-/m0/s1. The lowest BCUT2D eigenvalue weighted by Gasteiger charge is -2.13. The fraction of sp³-hybridized carbons (Fsp3) is 0.400. The lowest BCUT2D eigenvalue weighted by Crippen LogP contribution is -2.29. The van der Waals surface area contributed by atoms with Crippen LogP contribution in [0.2, 0.25) is 0 Å². The maximum atomic E-state index is 12.2. The summed E-state index contributed by atoms with van der Waals surface area (Å²) in [7, 11) is 0. The van der Waals surface area contributed by atoms with Gasteiger partial charge in [0.05, 0.1) is 6.10 Å². The predicted octanol–water partition coefficient (Wildman–Crippen LogP) is 3.61. The van der Waals surface area contributed by atoms with Crippen LogP contribution in [0.15, 0.2) is 41.2 Å². The Kier molecular flexibility index (Phi) is 6.39. The second kappa shape index (κ2) is 8.51. The fourth-order valence-electron chi connectivity index (χ4n) is 2.28. The zero-order valence-electron chi connectivity index (χ0n) is 15.3. The molecule has 1 amide bonds. The Bertz CT molecular complexity index is 763. The molecule has 1 heterocycles. The lowest BCUT2D eigenvalue weighted by atomic mass is 10.1. The second-order valence-electron chi connectivity index (χ2n) is 6.47. The van der Waals surface area contributed by atoms with Gasteiger partial charge in [-0.3, -0.25) is 9.59 Å². The molecule has 0 saturated heterocycles. The molecule has 0 bridgehead atoms. The van der Waals surface area contributed by atoms with E-state index in [-0.39, 0.29) is 29.1 Å². The molecule has 1 aromatic carbocycles. The summed E-state index contributed by atoms with van der Waals surface area (Å²) in [4.78, 5) is 27.0. The van der Waals surface area contributed by atoms with Crippen molar-refractivity contribution >= 4 is 5.91 Å². The summed E-state index contributed by atoms with van der Waals surface area (Å²) in [6.45, 7) is 8.42. The summed E-state index contributed by atoms with van der Waals surface area (Å²) in [5, 5.41) is 2.78. The molecule has 0 aliphatic carbocycles. The van der Waals surface area contributed by atoms with E-state index in [0.717, 1.165) is 23.4 Å². The van der Waals surface area contributed by atoms with Crippen molar-refractivity contribution in [3.8, 4) is 5.75 Å². The molecule has 0 aliphatic rings. The molecule has 0 spiro atoms. The Hall–Kier alpha value is -2.56. The number of hydrogen-bond acceptors (Lipinski definition) is 3. The Morgan fingerprint density at radius 3 is 2.36 bits per heavy atom. The summed E-state index contributed by atoms with van der Waals surface area (Å²) in [6, 6.07) is 10.9. The minimum Gasteiger partial charge on any atom is -0.491 e. The highest BCUT2D eigenvalue weighted by Crippen LogP contribution is 2.15. The number of aromatic amines is 1. The number of carbonyl (C=O) groups is 1. The van der Waals surface area contributed by atoms with Crippen LogP contribution in [0.4, 0.5) is 0 Å². The molecule has 0 aliphatic heterocycles. The molecule has 0 saturated carbocycles. The number of hydrogen-bond donors (Lipinski definition) is 2. The quantitative estimate of drug-likeness (QED) is 0.807. The molecule has 0 fully saturated rings. The van der Waals surface area contributed by atoms with Crippen LogP contribution in [0.5, 0.6) is 5.75 Å². The van der Waals surface area contributed by atoms with E-state index < -0.39 is 0 Å². The van der Waals surface area contributed by atoms with E-state index in [9.17, 15) is 9.59 Å². The third kappa shape index (κ3) is 5.21. The van der Waals surface area contributed by atoms with E-state index in [0.29, 0.717) is 6.54 Å². The molecule has 1 aromatic heterocycles. The summed E-state index contributed by atoms with van der Waals surface area (Å²) < 4.78 is 5.73. The molecule has 0 radical (unpaired) electrons. The first kappa shape index (κ1) is 18.8. The Labute approximate surface area is 148 Å². The first-order valence-electron chi connectivity index (χ1n) is 8.67. The molecule has 0 unspecified atom stereocenters. The van der Waals surface area contributed by atoms with E-state index in [1.54, 1.807) is 12.1 Å². The maximum Gasteiger partial charge on any atom is 0.261 e. The largest absolute Gasteiger partial charge is 0.491 e.